The Morgan fingerprint density at radius 1 is 0.870 bits per heavy atom. The van der Waals surface area contributed by atoms with Crippen LogP contribution in [0.25, 0.3) is 11.1 Å². The van der Waals surface area contributed by atoms with E-state index in [1.807, 2.05) is 0 Å². The Bertz CT molecular complexity index is 589. The van der Waals surface area contributed by atoms with Gasteiger partial charge in [-0.2, -0.15) is 0 Å². The van der Waals surface area contributed by atoms with Crippen LogP contribution in [-0.2, 0) is 6.42 Å². The van der Waals surface area contributed by atoms with Crippen LogP contribution in [-0.4, -0.2) is 4.98 Å². The third-order valence-electron chi connectivity index (χ3n) is 5.44. The van der Waals surface area contributed by atoms with Crippen molar-refractivity contribution in [1.29, 1.82) is 0 Å². The number of hydrogen-bond acceptors (Lipinski definition) is 1. The van der Waals surface area contributed by atoms with Crippen LogP contribution in [0.3, 0.4) is 0 Å². The van der Waals surface area contributed by atoms with E-state index >= 15 is 0 Å². The fraction of sp³-hybridized carbons (Fsp3) is 0.500. The number of nitrogens with zero attached hydrogens (tertiary/aromatic N) is 1. The summed E-state index contributed by atoms with van der Waals surface area (Å²) >= 11 is 0. The summed E-state index contributed by atoms with van der Waals surface area (Å²) in [5, 5.41) is 0. The van der Waals surface area contributed by atoms with Crippen molar-refractivity contribution in [2.75, 3.05) is 0 Å². The van der Waals surface area contributed by atoms with Crippen molar-refractivity contribution in [3.05, 3.63) is 53.9 Å². The normalized spacial score (nSPS) is 21.3. The van der Waals surface area contributed by atoms with Crippen molar-refractivity contribution in [3.63, 3.8) is 0 Å². The molecule has 1 aromatic carbocycles. The average Bonchev–Trinajstić information content (AvgIpc) is 2.63. The molecule has 1 fully saturated rings. The lowest BCUT2D eigenvalue weighted by atomic mass is 9.78. The maximum absolute atomic E-state index is 4.79. The molecule has 0 aliphatic heterocycles. The summed E-state index contributed by atoms with van der Waals surface area (Å²) in [5.41, 5.74) is 5.19. The highest BCUT2D eigenvalue weighted by atomic mass is 14.7. The number of hydrogen-bond donors (Lipinski definition) is 0. The Morgan fingerprint density at radius 3 is 2.13 bits per heavy atom. The predicted molar refractivity (Wildman–Crippen MR) is 98.7 cm³/mol. The summed E-state index contributed by atoms with van der Waals surface area (Å²) < 4.78 is 0. The molecular formula is C22H29N. The zero-order valence-corrected chi connectivity index (χ0v) is 14.6. The monoisotopic (exact) mass is 307 g/mol. The highest BCUT2D eigenvalue weighted by Gasteiger charge is 2.22. The van der Waals surface area contributed by atoms with E-state index in [0.29, 0.717) is 5.92 Å². The molecule has 0 radical (unpaired) electrons. The maximum Gasteiger partial charge on any atom is 0.0434 e. The average molecular weight is 307 g/mol. The molecule has 3 rings (SSSR count). The van der Waals surface area contributed by atoms with Gasteiger partial charge in [0.2, 0.25) is 0 Å². The van der Waals surface area contributed by atoms with Gasteiger partial charge in [-0.25, -0.2) is 0 Å². The molecule has 122 valence electrons. The first-order valence-electron chi connectivity index (χ1n) is 9.35. The SMILES string of the molecule is CCC[C@H]1CC[C@H](c2ccc(-c3ccc(CC)cc3)cn2)CC1. The van der Waals surface area contributed by atoms with Gasteiger partial charge in [-0.1, -0.05) is 57.0 Å². The number of rotatable bonds is 5. The number of benzene rings is 1. The lowest BCUT2D eigenvalue weighted by Crippen LogP contribution is -2.14. The molecule has 23 heavy (non-hydrogen) atoms. The third-order valence-corrected chi connectivity index (χ3v) is 5.44. The van der Waals surface area contributed by atoms with Gasteiger partial charge < -0.3 is 0 Å². The largest absolute Gasteiger partial charge is 0.260 e. The smallest absolute Gasteiger partial charge is 0.0434 e. The number of aromatic nitrogens is 1. The number of pyridine rings is 1. The molecule has 1 aromatic heterocycles. The predicted octanol–water partition coefficient (Wildman–Crippen LogP) is 6.38. The molecule has 1 aliphatic rings. The first-order chi connectivity index (χ1) is 11.3. The van der Waals surface area contributed by atoms with Gasteiger partial charge in [0.1, 0.15) is 0 Å². The van der Waals surface area contributed by atoms with Crippen molar-refractivity contribution in [2.24, 2.45) is 5.92 Å². The molecule has 1 nitrogen and oxygen atoms in total. The van der Waals surface area contributed by atoms with Gasteiger partial charge in [-0.05, 0) is 55.2 Å². The molecule has 0 atom stereocenters. The zero-order chi connectivity index (χ0) is 16.1. The second kappa shape index (κ2) is 7.77. The summed E-state index contributed by atoms with van der Waals surface area (Å²) in [6, 6.07) is 13.4. The summed E-state index contributed by atoms with van der Waals surface area (Å²) in [6.07, 6.45) is 11.3. The van der Waals surface area contributed by atoms with Gasteiger partial charge in [-0.15, -0.1) is 0 Å². The topological polar surface area (TPSA) is 12.9 Å². The molecule has 0 unspecified atom stereocenters. The van der Waals surface area contributed by atoms with Crippen LogP contribution in [0.1, 0.15) is 69.5 Å². The molecule has 1 heterocycles. The maximum atomic E-state index is 4.79. The Balaban J connectivity index is 1.65. The molecule has 0 spiro atoms. The summed E-state index contributed by atoms with van der Waals surface area (Å²) in [4.78, 5) is 4.79. The van der Waals surface area contributed by atoms with Crippen LogP contribution >= 0.6 is 0 Å². The summed E-state index contributed by atoms with van der Waals surface area (Å²) in [7, 11) is 0. The van der Waals surface area contributed by atoms with Crippen molar-refractivity contribution < 1.29 is 0 Å². The molecule has 1 heteroatoms. The first kappa shape index (κ1) is 16.2. The van der Waals surface area contributed by atoms with Crippen LogP contribution in [0.5, 0.6) is 0 Å². The van der Waals surface area contributed by atoms with Crippen molar-refractivity contribution in [2.45, 2.75) is 64.7 Å². The van der Waals surface area contributed by atoms with Crippen LogP contribution < -0.4 is 0 Å². The Labute approximate surface area is 141 Å². The highest BCUT2D eigenvalue weighted by molar-refractivity contribution is 5.62. The quantitative estimate of drug-likeness (QED) is 0.624. The highest BCUT2D eigenvalue weighted by Crippen LogP contribution is 2.37. The van der Waals surface area contributed by atoms with E-state index < -0.39 is 0 Å². The van der Waals surface area contributed by atoms with E-state index in [-0.39, 0.29) is 0 Å². The molecule has 1 aliphatic carbocycles. The van der Waals surface area contributed by atoms with Crippen LogP contribution in [0.4, 0.5) is 0 Å². The van der Waals surface area contributed by atoms with Gasteiger partial charge in [-0.3, -0.25) is 4.98 Å². The molecule has 0 saturated heterocycles. The fourth-order valence-corrected chi connectivity index (χ4v) is 3.91. The summed E-state index contributed by atoms with van der Waals surface area (Å²) in [5.74, 6) is 1.65. The Morgan fingerprint density at radius 2 is 1.57 bits per heavy atom. The van der Waals surface area contributed by atoms with Gasteiger partial charge >= 0.3 is 0 Å². The van der Waals surface area contributed by atoms with Gasteiger partial charge in [0.15, 0.2) is 0 Å². The molecule has 0 bridgehead atoms. The third kappa shape index (κ3) is 4.02. The molecule has 0 N–H and O–H groups in total. The van der Waals surface area contributed by atoms with Crippen molar-refractivity contribution >= 4 is 0 Å². The minimum absolute atomic E-state index is 0.680. The molecule has 0 amide bonds. The Kier molecular flexibility index (Phi) is 5.48. The Hall–Kier alpha value is -1.63. The van der Waals surface area contributed by atoms with Crippen LogP contribution in [0.2, 0.25) is 0 Å². The van der Waals surface area contributed by atoms with E-state index in [1.165, 1.54) is 60.9 Å². The van der Waals surface area contributed by atoms with E-state index in [2.05, 4.69) is 56.4 Å². The minimum Gasteiger partial charge on any atom is -0.260 e. The zero-order valence-electron chi connectivity index (χ0n) is 14.6. The van der Waals surface area contributed by atoms with Crippen molar-refractivity contribution in [1.82, 2.24) is 4.98 Å². The van der Waals surface area contributed by atoms with E-state index in [4.69, 9.17) is 4.98 Å². The molecular weight excluding hydrogens is 278 g/mol. The lowest BCUT2D eigenvalue weighted by molar-refractivity contribution is 0.305. The molecule has 2 aromatic rings. The van der Waals surface area contributed by atoms with E-state index in [9.17, 15) is 0 Å². The van der Waals surface area contributed by atoms with Crippen LogP contribution in [0, 0.1) is 5.92 Å². The second-order valence-electron chi connectivity index (χ2n) is 7.03. The van der Waals surface area contributed by atoms with Gasteiger partial charge in [0.05, 0.1) is 0 Å². The summed E-state index contributed by atoms with van der Waals surface area (Å²) in [6.45, 7) is 4.50. The standard InChI is InChI=1S/C22H29N/c1-3-5-18-8-12-20(13-9-18)22-15-14-21(16-23-22)19-10-6-17(4-2)7-11-19/h6-7,10-11,14-16,18,20H,3-5,8-9,12-13H2,1-2H3/t18-,20-. The second-order valence-corrected chi connectivity index (χ2v) is 7.03. The number of aryl methyl sites for hydroxylation is 1. The van der Waals surface area contributed by atoms with Gasteiger partial charge in [0, 0.05) is 23.4 Å². The lowest BCUT2D eigenvalue weighted by Gasteiger charge is -2.28. The van der Waals surface area contributed by atoms with E-state index in [0.717, 1.165) is 12.3 Å². The fourth-order valence-electron chi connectivity index (χ4n) is 3.91. The molecule has 1 saturated carbocycles. The van der Waals surface area contributed by atoms with Crippen molar-refractivity contribution in [3.8, 4) is 11.1 Å². The first-order valence-corrected chi connectivity index (χ1v) is 9.35. The van der Waals surface area contributed by atoms with Gasteiger partial charge in [0.25, 0.3) is 0 Å². The van der Waals surface area contributed by atoms with E-state index in [1.54, 1.807) is 0 Å². The van der Waals surface area contributed by atoms with Crippen LogP contribution in [0.15, 0.2) is 42.6 Å². The minimum atomic E-state index is 0.680.